The largest absolute Gasteiger partial charge is 1.00 e. The summed E-state index contributed by atoms with van der Waals surface area (Å²) in [6.45, 7) is 3.89. The maximum Gasteiger partial charge on any atom is 1.00 e. The van der Waals surface area contributed by atoms with Crippen molar-refractivity contribution in [1.82, 2.24) is 0 Å². The minimum absolute atomic E-state index is 0. The fraction of sp³-hybridized carbons (Fsp3) is 1.00. The summed E-state index contributed by atoms with van der Waals surface area (Å²) < 4.78 is 0. The van der Waals surface area contributed by atoms with Crippen molar-refractivity contribution in [1.29, 1.82) is 0 Å². The summed E-state index contributed by atoms with van der Waals surface area (Å²) in [7, 11) is 0. The van der Waals surface area contributed by atoms with Gasteiger partial charge in [-0.2, -0.15) is 0 Å². The molecular formula is C3H10KN. The zero-order chi connectivity index (χ0) is 3.58. The molecule has 0 bridgehead atoms. The molecule has 0 saturated carbocycles. The summed E-state index contributed by atoms with van der Waals surface area (Å²) >= 11 is 0. The Bertz CT molecular complexity index is 15.5. The van der Waals surface area contributed by atoms with Crippen LogP contribution in [0.2, 0.25) is 0 Å². The van der Waals surface area contributed by atoms with Crippen LogP contribution in [-0.4, -0.2) is 6.04 Å². The van der Waals surface area contributed by atoms with Gasteiger partial charge in [-0.3, -0.25) is 0 Å². The second kappa shape index (κ2) is 5.60. The minimum atomic E-state index is 0. The molecule has 5 heavy (non-hydrogen) atoms. The van der Waals surface area contributed by atoms with Gasteiger partial charge in [-0.25, -0.2) is 0 Å². The van der Waals surface area contributed by atoms with E-state index in [0.29, 0.717) is 6.04 Å². The molecule has 0 fully saturated rings. The van der Waals surface area contributed by atoms with Crippen molar-refractivity contribution in [2.24, 2.45) is 5.73 Å². The van der Waals surface area contributed by atoms with Gasteiger partial charge in [0.15, 0.2) is 0 Å². The van der Waals surface area contributed by atoms with Crippen molar-refractivity contribution in [3.63, 3.8) is 0 Å². The molecule has 0 unspecified atom stereocenters. The van der Waals surface area contributed by atoms with E-state index in [0.717, 1.165) is 0 Å². The Morgan fingerprint density at radius 3 is 1.60 bits per heavy atom. The molecule has 0 aromatic carbocycles. The van der Waals surface area contributed by atoms with E-state index in [-0.39, 0.29) is 52.8 Å². The first-order valence-corrected chi connectivity index (χ1v) is 1.49. The average Bonchev–Trinajstić information content (AvgIpc) is 0.811. The average molecular weight is 99.2 g/mol. The zero-order valence-corrected chi connectivity index (χ0v) is 7.28. The molecule has 1 nitrogen and oxygen atoms in total. The number of hydrogen-bond acceptors (Lipinski definition) is 1. The van der Waals surface area contributed by atoms with Crippen molar-refractivity contribution < 1.29 is 52.8 Å². The second-order valence-electron chi connectivity index (χ2n) is 1.24. The molecule has 0 aliphatic heterocycles. The van der Waals surface area contributed by atoms with Crippen molar-refractivity contribution in [3.05, 3.63) is 0 Å². The Kier molecular flexibility index (Phi) is 10.9. The van der Waals surface area contributed by atoms with E-state index in [2.05, 4.69) is 0 Å². The number of nitrogens with two attached hydrogens (primary N) is 1. The molecular weight excluding hydrogens is 89.1 g/mol. The number of rotatable bonds is 0. The Labute approximate surface area is 77.2 Å². The third kappa shape index (κ3) is 28.4. The van der Waals surface area contributed by atoms with Gasteiger partial charge in [0.2, 0.25) is 0 Å². The molecule has 0 aliphatic rings. The van der Waals surface area contributed by atoms with E-state index in [1.165, 1.54) is 0 Å². The zero-order valence-electron chi connectivity index (χ0n) is 5.15. The minimum Gasteiger partial charge on any atom is -1.00 e. The molecule has 0 radical (unpaired) electrons. The van der Waals surface area contributed by atoms with Crippen LogP contribution in [0.25, 0.3) is 0 Å². The van der Waals surface area contributed by atoms with Crippen LogP contribution < -0.4 is 57.1 Å². The first-order valence-electron chi connectivity index (χ1n) is 1.49. The standard InChI is InChI=1S/C3H9N.K.H/c1-3(2)4;;/h3H,4H2,1-2H3;;/q;+1;-1. The summed E-state index contributed by atoms with van der Waals surface area (Å²) in [5, 5.41) is 0. The van der Waals surface area contributed by atoms with Crippen molar-refractivity contribution in [2.75, 3.05) is 0 Å². The van der Waals surface area contributed by atoms with Crippen molar-refractivity contribution in [3.8, 4) is 0 Å². The first kappa shape index (κ1) is 9.78. The van der Waals surface area contributed by atoms with Crippen LogP contribution in [0.4, 0.5) is 0 Å². The molecule has 0 aromatic heterocycles. The monoisotopic (exact) mass is 99.0 g/mol. The Hall–Kier alpha value is 1.60. The molecule has 0 amide bonds. The van der Waals surface area contributed by atoms with Crippen molar-refractivity contribution in [2.45, 2.75) is 19.9 Å². The van der Waals surface area contributed by atoms with Gasteiger partial charge < -0.3 is 7.16 Å². The summed E-state index contributed by atoms with van der Waals surface area (Å²) in [6.07, 6.45) is 0. The number of hydrogen-bond donors (Lipinski definition) is 1. The fourth-order valence-electron chi connectivity index (χ4n) is 0. The van der Waals surface area contributed by atoms with Crippen LogP contribution in [0, 0.1) is 0 Å². The summed E-state index contributed by atoms with van der Waals surface area (Å²) in [6, 6.07) is 0.333. The van der Waals surface area contributed by atoms with Crippen LogP contribution >= 0.6 is 0 Å². The molecule has 0 aliphatic carbocycles. The van der Waals surface area contributed by atoms with Crippen LogP contribution in [0.3, 0.4) is 0 Å². The quantitative estimate of drug-likeness (QED) is 0.333. The summed E-state index contributed by atoms with van der Waals surface area (Å²) in [4.78, 5) is 0. The fourth-order valence-corrected chi connectivity index (χ4v) is 0. The SMILES string of the molecule is CC(C)N.[H-].[K+]. The molecule has 2 heteroatoms. The van der Waals surface area contributed by atoms with Gasteiger partial charge >= 0.3 is 51.4 Å². The molecule has 0 atom stereocenters. The predicted molar refractivity (Wildman–Crippen MR) is 20.4 cm³/mol. The Morgan fingerprint density at radius 2 is 1.60 bits per heavy atom. The van der Waals surface area contributed by atoms with Crippen LogP contribution in [0.15, 0.2) is 0 Å². The maximum absolute atomic E-state index is 5.11. The van der Waals surface area contributed by atoms with E-state index >= 15 is 0 Å². The van der Waals surface area contributed by atoms with Gasteiger partial charge in [-0.15, -0.1) is 0 Å². The van der Waals surface area contributed by atoms with Gasteiger partial charge in [-0.05, 0) is 6.04 Å². The predicted octanol–water partition coefficient (Wildman–Crippen LogP) is -2.53. The van der Waals surface area contributed by atoms with Gasteiger partial charge in [0.05, 0.1) is 0 Å². The molecule has 28 valence electrons. The third-order valence-corrected chi connectivity index (χ3v) is 0. The molecule has 0 heterocycles. The van der Waals surface area contributed by atoms with E-state index in [4.69, 9.17) is 5.73 Å². The first-order chi connectivity index (χ1) is 1.73. The normalized spacial score (nSPS) is 7.20. The van der Waals surface area contributed by atoms with E-state index in [9.17, 15) is 0 Å². The topological polar surface area (TPSA) is 26.0 Å². The van der Waals surface area contributed by atoms with Gasteiger partial charge in [0.25, 0.3) is 0 Å². The molecule has 0 aromatic rings. The van der Waals surface area contributed by atoms with Crippen LogP contribution in [-0.2, 0) is 0 Å². The molecule has 2 N–H and O–H groups in total. The van der Waals surface area contributed by atoms with E-state index in [1.807, 2.05) is 13.8 Å². The molecule has 0 spiro atoms. The van der Waals surface area contributed by atoms with Crippen LogP contribution in [0.5, 0.6) is 0 Å². The Balaban J connectivity index is -0.0000000450. The third-order valence-electron chi connectivity index (χ3n) is 0. The summed E-state index contributed by atoms with van der Waals surface area (Å²) in [5.41, 5.74) is 5.11. The van der Waals surface area contributed by atoms with Gasteiger partial charge in [0.1, 0.15) is 0 Å². The van der Waals surface area contributed by atoms with Gasteiger partial charge in [-0.1, -0.05) is 13.8 Å². The van der Waals surface area contributed by atoms with Gasteiger partial charge in [0, 0.05) is 0 Å². The smallest absolute Gasteiger partial charge is 1.00 e. The summed E-state index contributed by atoms with van der Waals surface area (Å²) in [5.74, 6) is 0. The molecule has 0 rings (SSSR count). The van der Waals surface area contributed by atoms with Crippen molar-refractivity contribution >= 4 is 0 Å². The maximum atomic E-state index is 5.11. The van der Waals surface area contributed by atoms with Crippen LogP contribution in [0.1, 0.15) is 15.3 Å². The molecule has 0 saturated heterocycles. The van der Waals surface area contributed by atoms with E-state index in [1.54, 1.807) is 0 Å². The second-order valence-corrected chi connectivity index (χ2v) is 1.24. The Morgan fingerprint density at radius 1 is 1.60 bits per heavy atom. The van der Waals surface area contributed by atoms with E-state index < -0.39 is 0 Å².